The van der Waals surface area contributed by atoms with E-state index in [1.54, 1.807) is 26.0 Å². The lowest BCUT2D eigenvalue weighted by Gasteiger charge is -2.26. The molecule has 0 saturated heterocycles. The van der Waals surface area contributed by atoms with Gasteiger partial charge in [-0.2, -0.15) is 13.2 Å². The van der Waals surface area contributed by atoms with Gasteiger partial charge in [0.2, 0.25) is 5.91 Å². The molecule has 0 aromatic heterocycles. The Morgan fingerprint density at radius 3 is 2.17 bits per heavy atom. The van der Waals surface area contributed by atoms with Gasteiger partial charge in [0.15, 0.2) is 0 Å². The number of hydrogen-bond acceptors (Lipinski definition) is 3. The van der Waals surface area contributed by atoms with Gasteiger partial charge >= 0.3 is 6.18 Å². The molecule has 0 fully saturated rings. The van der Waals surface area contributed by atoms with Gasteiger partial charge in [0.1, 0.15) is 6.54 Å². The Kier molecular flexibility index (Phi) is 7.59. The molecule has 0 bridgehead atoms. The fourth-order valence-corrected chi connectivity index (χ4v) is 5.21. The lowest BCUT2D eigenvalue weighted by Crippen LogP contribution is -2.41. The highest BCUT2D eigenvalue weighted by Crippen LogP contribution is 2.33. The molecule has 0 heterocycles. The van der Waals surface area contributed by atoms with Crippen LogP contribution in [0.2, 0.25) is 0 Å². The number of carbonyl (C=O) groups excluding carboxylic acids is 1. The molecular weight excluding hydrogens is 477 g/mol. The maximum atomic E-state index is 13.5. The molecule has 35 heavy (non-hydrogen) atoms. The summed E-state index contributed by atoms with van der Waals surface area (Å²) in [6, 6.07) is 15.1. The van der Waals surface area contributed by atoms with Crippen molar-refractivity contribution in [3.8, 4) is 0 Å². The van der Waals surface area contributed by atoms with Crippen LogP contribution in [0.15, 0.2) is 71.6 Å². The molecular formula is C26H27F3N2O3S. The van der Waals surface area contributed by atoms with E-state index in [1.807, 2.05) is 32.0 Å². The highest BCUT2D eigenvalue weighted by molar-refractivity contribution is 7.92. The predicted molar refractivity (Wildman–Crippen MR) is 130 cm³/mol. The molecule has 0 spiro atoms. The Labute approximate surface area is 203 Å². The first-order chi connectivity index (χ1) is 16.3. The number of carbonyl (C=O) groups is 1. The van der Waals surface area contributed by atoms with Gasteiger partial charge < -0.3 is 5.32 Å². The summed E-state index contributed by atoms with van der Waals surface area (Å²) in [5.41, 5.74) is 2.42. The number of nitrogens with zero attached hydrogens (tertiary/aromatic N) is 1. The van der Waals surface area contributed by atoms with E-state index in [4.69, 9.17) is 0 Å². The summed E-state index contributed by atoms with van der Waals surface area (Å²) in [5, 5.41) is 2.77. The molecule has 3 rings (SSSR count). The van der Waals surface area contributed by atoms with Crippen LogP contribution in [0.3, 0.4) is 0 Å². The van der Waals surface area contributed by atoms with E-state index in [2.05, 4.69) is 5.32 Å². The van der Waals surface area contributed by atoms with Crippen molar-refractivity contribution in [3.63, 3.8) is 0 Å². The van der Waals surface area contributed by atoms with Crippen LogP contribution in [0.4, 0.5) is 18.9 Å². The molecule has 0 unspecified atom stereocenters. The Balaban J connectivity index is 1.97. The number of alkyl halides is 3. The summed E-state index contributed by atoms with van der Waals surface area (Å²) in [6.07, 6.45) is -4.67. The van der Waals surface area contributed by atoms with Crippen LogP contribution in [-0.2, 0) is 21.0 Å². The van der Waals surface area contributed by atoms with E-state index < -0.39 is 40.3 Å². The number of hydrogen-bond donors (Lipinski definition) is 1. The number of rotatable bonds is 7. The zero-order valence-corrected chi connectivity index (χ0v) is 20.7. The van der Waals surface area contributed by atoms with Crippen LogP contribution < -0.4 is 9.62 Å². The first-order valence-corrected chi connectivity index (χ1v) is 12.4. The minimum Gasteiger partial charge on any atom is -0.348 e. The van der Waals surface area contributed by atoms with E-state index in [-0.39, 0.29) is 10.6 Å². The van der Waals surface area contributed by atoms with Gasteiger partial charge in [-0.3, -0.25) is 9.10 Å². The molecule has 9 heteroatoms. The number of sulfonamides is 1. The summed E-state index contributed by atoms with van der Waals surface area (Å²) in [4.78, 5) is 12.8. The summed E-state index contributed by atoms with van der Waals surface area (Å²) in [6.45, 7) is 6.71. The fraction of sp³-hybridized carbons (Fsp3) is 0.269. The van der Waals surface area contributed by atoms with Gasteiger partial charge in [-0.05, 0) is 69.2 Å². The summed E-state index contributed by atoms with van der Waals surface area (Å²) < 4.78 is 67.6. The van der Waals surface area contributed by atoms with Crippen LogP contribution in [0.25, 0.3) is 0 Å². The average molecular weight is 505 g/mol. The smallest absolute Gasteiger partial charge is 0.348 e. The fourth-order valence-electron chi connectivity index (χ4n) is 3.80. The number of aryl methyl sites for hydroxylation is 3. The van der Waals surface area contributed by atoms with E-state index in [1.165, 1.54) is 18.2 Å². The second-order valence-electron chi connectivity index (χ2n) is 8.52. The number of amides is 1. The Morgan fingerprint density at radius 2 is 1.57 bits per heavy atom. The van der Waals surface area contributed by atoms with Gasteiger partial charge in [-0.25, -0.2) is 8.42 Å². The molecule has 0 aliphatic rings. The third-order valence-electron chi connectivity index (χ3n) is 5.63. The molecule has 0 aliphatic carbocycles. The minimum absolute atomic E-state index is 0.129. The van der Waals surface area contributed by atoms with Crippen molar-refractivity contribution in [2.24, 2.45) is 0 Å². The van der Waals surface area contributed by atoms with Crippen molar-refractivity contribution in [3.05, 3.63) is 94.5 Å². The van der Waals surface area contributed by atoms with Gasteiger partial charge in [-0.1, -0.05) is 47.5 Å². The highest BCUT2D eigenvalue weighted by atomic mass is 32.2. The molecule has 0 saturated carbocycles. The Hall–Kier alpha value is -3.33. The van der Waals surface area contributed by atoms with Crippen molar-refractivity contribution in [1.82, 2.24) is 5.32 Å². The molecule has 3 aromatic rings. The van der Waals surface area contributed by atoms with Crippen LogP contribution in [0, 0.1) is 20.8 Å². The number of nitrogens with one attached hydrogen (secondary N) is 1. The maximum Gasteiger partial charge on any atom is 0.416 e. The quantitative estimate of drug-likeness (QED) is 0.449. The topological polar surface area (TPSA) is 66.5 Å². The normalized spacial score (nSPS) is 12.8. The van der Waals surface area contributed by atoms with Gasteiger partial charge in [0, 0.05) is 0 Å². The van der Waals surface area contributed by atoms with Crippen molar-refractivity contribution < 1.29 is 26.4 Å². The van der Waals surface area contributed by atoms with Gasteiger partial charge in [0.25, 0.3) is 10.0 Å². The zero-order valence-electron chi connectivity index (χ0n) is 19.8. The molecule has 1 amide bonds. The summed E-state index contributed by atoms with van der Waals surface area (Å²) in [7, 11) is -4.34. The van der Waals surface area contributed by atoms with Crippen molar-refractivity contribution in [1.29, 1.82) is 0 Å². The lowest BCUT2D eigenvalue weighted by molar-refractivity contribution is -0.137. The van der Waals surface area contributed by atoms with E-state index in [0.29, 0.717) is 4.31 Å². The molecule has 5 nitrogen and oxygen atoms in total. The zero-order chi connectivity index (χ0) is 26.0. The monoisotopic (exact) mass is 504 g/mol. The molecule has 0 aliphatic heterocycles. The number of benzene rings is 3. The van der Waals surface area contributed by atoms with Gasteiger partial charge in [-0.15, -0.1) is 0 Å². The number of anilines is 1. The number of halogens is 3. The molecule has 1 atom stereocenters. The third kappa shape index (κ3) is 6.22. The van der Waals surface area contributed by atoms with Crippen LogP contribution in [-0.4, -0.2) is 20.9 Å². The molecule has 0 radical (unpaired) electrons. The van der Waals surface area contributed by atoms with E-state index in [9.17, 15) is 26.4 Å². The van der Waals surface area contributed by atoms with Crippen LogP contribution >= 0.6 is 0 Å². The first kappa shape index (κ1) is 26.3. The summed E-state index contributed by atoms with van der Waals surface area (Å²) >= 11 is 0. The second kappa shape index (κ2) is 10.1. The standard InChI is InChI=1S/C26H27F3N2O3S/c1-17-8-11-23(12-9-17)35(33,34)31(22-7-5-6-21(15-22)26(27,28)29)16-25(32)30-20(4)24-13-10-18(2)14-19(24)3/h5-15,20H,16H2,1-4H3,(H,30,32)/t20-/m0/s1. The van der Waals surface area contributed by atoms with E-state index in [0.717, 1.165) is 40.5 Å². The third-order valence-corrected chi connectivity index (χ3v) is 7.42. The average Bonchev–Trinajstić information content (AvgIpc) is 2.77. The highest BCUT2D eigenvalue weighted by Gasteiger charge is 2.33. The van der Waals surface area contributed by atoms with Crippen LogP contribution in [0.1, 0.15) is 40.8 Å². The first-order valence-electron chi connectivity index (χ1n) is 10.9. The van der Waals surface area contributed by atoms with E-state index >= 15 is 0 Å². The van der Waals surface area contributed by atoms with Crippen LogP contribution in [0.5, 0.6) is 0 Å². The Morgan fingerprint density at radius 1 is 0.943 bits per heavy atom. The van der Waals surface area contributed by atoms with Crippen molar-refractivity contribution >= 4 is 21.6 Å². The Bertz CT molecular complexity index is 1320. The maximum absolute atomic E-state index is 13.5. The summed E-state index contributed by atoms with van der Waals surface area (Å²) in [5.74, 6) is -0.648. The largest absolute Gasteiger partial charge is 0.416 e. The predicted octanol–water partition coefficient (Wildman–Crippen LogP) is 5.70. The second-order valence-corrected chi connectivity index (χ2v) is 10.4. The molecule has 186 valence electrons. The molecule has 1 N–H and O–H groups in total. The SMILES string of the molecule is Cc1ccc(S(=O)(=O)N(CC(=O)N[C@@H](C)c2ccc(C)cc2C)c2cccc(C(F)(F)F)c2)cc1. The minimum atomic E-state index is -4.67. The van der Waals surface area contributed by atoms with Gasteiger partial charge in [0.05, 0.1) is 22.2 Å². The molecule has 3 aromatic carbocycles. The lowest BCUT2D eigenvalue weighted by atomic mass is 10.0. The van der Waals surface area contributed by atoms with Crippen molar-refractivity contribution in [2.75, 3.05) is 10.8 Å². The van der Waals surface area contributed by atoms with Crippen molar-refractivity contribution in [2.45, 2.75) is 44.8 Å².